The number of nitrogens with zero attached hydrogens (tertiary/aromatic N) is 3. The highest BCUT2D eigenvalue weighted by atomic mass is 16.7. The monoisotopic (exact) mass is 261 g/mol. The molecule has 2 rings (SSSR count). The molecule has 1 heterocycles. The Morgan fingerprint density at radius 3 is 2.53 bits per heavy atom. The van der Waals surface area contributed by atoms with Crippen molar-refractivity contribution in [3.05, 3.63) is 42.2 Å². The highest BCUT2D eigenvalue weighted by Gasteiger charge is 2.21. The first-order valence-corrected chi connectivity index (χ1v) is 5.68. The lowest BCUT2D eigenvalue weighted by atomic mass is 10.3. The molecule has 0 N–H and O–H groups in total. The van der Waals surface area contributed by atoms with Crippen LogP contribution < -0.4 is 4.74 Å². The number of amides is 1. The Hall–Kier alpha value is -2.34. The Morgan fingerprint density at radius 2 is 1.95 bits per heavy atom. The maximum atomic E-state index is 12.0. The zero-order valence-electron chi connectivity index (χ0n) is 11.0. The number of methoxy groups -OCH3 is 1. The first-order chi connectivity index (χ1) is 9.17. The zero-order valence-corrected chi connectivity index (χ0v) is 11.0. The van der Waals surface area contributed by atoms with Crippen molar-refractivity contribution in [1.82, 2.24) is 14.8 Å². The number of aromatic nitrogens is 2. The van der Waals surface area contributed by atoms with Crippen molar-refractivity contribution in [1.29, 1.82) is 0 Å². The first-order valence-electron chi connectivity index (χ1n) is 5.68. The molecule has 0 aliphatic rings. The average Bonchev–Trinajstić information content (AvgIpc) is 2.90. The summed E-state index contributed by atoms with van der Waals surface area (Å²) in [4.78, 5) is 16.9. The Balaban J connectivity index is 2.41. The van der Waals surface area contributed by atoms with Crippen LogP contribution in [-0.2, 0) is 4.84 Å². The summed E-state index contributed by atoms with van der Waals surface area (Å²) in [6.45, 7) is 0. The largest absolute Gasteiger partial charge is 0.493 e. The van der Waals surface area contributed by atoms with Gasteiger partial charge in [-0.2, -0.15) is 5.10 Å². The molecule has 1 aromatic carbocycles. The van der Waals surface area contributed by atoms with E-state index >= 15 is 0 Å². The summed E-state index contributed by atoms with van der Waals surface area (Å²) in [5.74, 6) is 0.0341. The number of para-hydroxylation sites is 1. The van der Waals surface area contributed by atoms with Gasteiger partial charge in [0.05, 0.1) is 26.1 Å². The van der Waals surface area contributed by atoms with Crippen molar-refractivity contribution in [2.75, 3.05) is 21.3 Å². The minimum Gasteiger partial charge on any atom is -0.493 e. The van der Waals surface area contributed by atoms with E-state index in [4.69, 9.17) is 9.57 Å². The summed E-state index contributed by atoms with van der Waals surface area (Å²) in [6, 6.07) is 9.48. The molecule has 2 aromatic rings. The molecule has 0 radical (unpaired) electrons. The molecule has 1 amide bonds. The highest BCUT2D eigenvalue weighted by molar-refractivity contribution is 5.94. The Bertz CT molecular complexity index is 566. The fraction of sp³-hybridized carbons (Fsp3) is 0.231. The third-order valence-electron chi connectivity index (χ3n) is 2.68. The highest BCUT2D eigenvalue weighted by Crippen LogP contribution is 2.20. The van der Waals surface area contributed by atoms with E-state index < -0.39 is 0 Å². The number of benzene rings is 1. The smallest absolute Gasteiger partial charge is 0.301 e. The van der Waals surface area contributed by atoms with Gasteiger partial charge in [-0.15, -0.1) is 0 Å². The fourth-order valence-electron chi connectivity index (χ4n) is 1.60. The molecule has 6 nitrogen and oxygen atoms in total. The average molecular weight is 261 g/mol. The van der Waals surface area contributed by atoms with E-state index in [9.17, 15) is 4.79 Å². The topological polar surface area (TPSA) is 56.6 Å². The third-order valence-corrected chi connectivity index (χ3v) is 2.68. The van der Waals surface area contributed by atoms with Crippen LogP contribution in [0.15, 0.2) is 36.5 Å². The number of hydrogen-bond acceptors (Lipinski definition) is 4. The number of carbonyl (C=O) groups is 1. The van der Waals surface area contributed by atoms with Crippen LogP contribution >= 0.6 is 0 Å². The van der Waals surface area contributed by atoms with Gasteiger partial charge >= 0.3 is 5.91 Å². The lowest BCUT2D eigenvalue weighted by Gasteiger charge is -2.12. The second-order valence-electron chi connectivity index (χ2n) is 3.81. The van der Waals surface area contributed by atoms with Crippen LogP contribution in [0.4, 0.5) is 0 Å². The van der Waals surface area contributed by atoms with Crippen LogP contribution in [0.1, 0.15) is 10.5 Å². The molecule has 0 unspecified atom stereocenters. The summed E-state index contributed by atoms with van der Waals surface area (Å²) in [5, 5.41) is 5.34. The van der Waals surface area contributed by atoms with Crippen LogP contribution in [0, 0.1) is 0 Å². The van der Waals surface area contributed by atoms with E-state index in [1.165, 1.54) is 21.3 Å². The molecule has 0 atom stereocenters. The van der Waals surface area contributed by atoms with Crippen molar-refractivity contribution in [3.63, 3.8) is 0 Å². The van der Waals surface area contributed by atoms with Gasteiger partial charge in [0.1, 0.15) is 0 Å². The van der Waals surface area contributed by atoms with E-state index in [0.717, 1.165) is 10.8 Å². The Labute approximate surface area is 111 Å². The second kappa shape index (κ2) is 5.53. The van der Waals surface area contributed by atoms with Gasteiger partial charge in [-0.05, 0) is 12.1 Å². The van der Waals surface area contributed by atoms with Crippen LogP contribution in [0.25, 0.3) is 5.69 Å². The van der Waals surface area contributed by atoms with E-state index in [1.807, 2.05) is 30.3 Å². The van der Waals surface area contributed by atoms with Crippen molar-refractivity contribution in [2.24, 2.45) is 0 Å². The van der Waals surface area contributed by atoms with Crippen LogP contribution in [0.5, 0.6) is 5.75 Å². The summed E-state index contributed by atoms with van der Waals surface area (Å²) in [7, 11) is 4.43. The number of hydroxylamine groups is 2. The summed E-state index contributed by atoms with van der Waals surface area (Å²) in [6.07, 6.45) is 1.66. The molecule has 0 spiro atoms. The van der Waals surface area contributed by atoms with E-state index in [2.05, 4.69) is 5.10 Å². The number of rotatable bonds is 4. The molecular formula is C13H15N3O3. The summed E-state index contributed by atoms with van der Waals surface area (Å²) in [5.41, 5.74) is 1.05. The number of hydrogen-bond donors (Lipinski definition) is 0. The van der Waals surface area contributed by atoms with Gasteiger partial charge in [-0.1, -0.05) is 18.2 Å². The van der Waals surface area contributed by atoms with E-state index in [0.29, 0.717) is 5.75 Å². The van der Waals surface area contributed by atoms with Crippen molar-refractivity contribution < 1.29 is 14.4 Å². The van der Waals surface area contributed by atoms with E-state index in [-0.39, 0.29) is 11.6 Å². The van der Waals surface area contributed by atoms with Gasteiger partial charge in [-0.3, -0.25) is 9.63 Å². The Kier molecular flexibility index (Phi) is 3.82. The van der Waals surface area contributed by atoms with Crippen molar-refractivity contribution >= 4 is 5.91 Å². The normalized spacial score (nSPS) is 10.3. The molecular weight excluding hydrogens is 246 g/mol. The molecule has 0 aliphatic carbocycles. The lowest BCUT2D eigenvalue weighted by Crippen LogP contribution is -2.26. The van der Waals surface area contributed by atoms with Gasteiger partial charge in [0.15, 0.2) is 11.4 Å². The second-order valence-corrected chi connectivity index (χ2v) is 3.81. The zero-order chi connectivity index (χ0) is 13.8. The van der Waals surface area contributed by atoms with Crippen LogP contribution in [-0.4, -0.2) is 42.0 Å². The quantitative estimate of drug-likeness (QED) is 0.783. The van der Waals surface area contributed by atoms with Crippen molar-refractivity contribution in [3.8, 4) is 11.4 Å². The number of carbonyl (C=O) groups excluding carboxylic acids is 1. The lowest BCUT2D eigenvalue weighted by molar-refractivity contribution is -0.0762. The first kappa shape index (κ1) is 13.1. The fourth-order valence-corrected chi connectivity index (χ4v) is 1.60. The minimum absolute atomic E-state index is 0.204. The van der Waals surface area contributed by atoms with Gasteiger partial charge in [0.25, 0.3) is 0 Å². The molecule has 19 heavy (non-hydrogen) atoms. The predicted octanol–water partition coefficient (Wildman–Crippen LogP) is 1.51. The maximum Gasteiger partial charge on any atom is 0.301 e. The third kappa shape index (κ3) is 2.58. The SMILES string of the molecule is COc1cn(-c2ccccc2)nc1C(=O)N(C)OC. The van der Waals surface area contributed by atoms with Crippen LogP contribution in [0.3, 0.4) is 0 Å². The van der Waals surface area contributed by atoms with Crippen molar-refractivity contribution in [2.45, 2.75) is 0 Å². The molecule has 0 saturated heterocycles. The van der Waals surface area contributed by atoms with Gasteiger partial charge in [-0.25, -0.2) is 9.75 Å². The molecule has 0 aliphatic heterocycles. The standard InChI is InChI=1S/C13H15N3O3/c1-15(19-3)13(17)12-11(18-2)9-16(14-12)10-7-5-4-6-8-10/h4-9H,1-3H3. The molecule has 0 bridgehead atoms. The van der Waals surface area contributed by atoms with Gasteiger partial charge in [0, 0.05) is 7.05 Å². The number of ether oxygens (including phenoxy) is 1. The van der Waals surface area contributed by atoms with Gasteiger partial charge < -0.3 is 4.74 Å². The Morgan fingerprint density at radius 1 is 1.26 bits per heavy atom. The molecule has 0 fully saturated rings. The maximum absolute atomic E-state index is 12.0. The molecule has 6 heteroatoms. The molecule has 1 aromatic heterocycles. The molecule has 0 saturated carbocycles. The minimum atomic E-state index is -0.367. The van der Waals surface area contributed by atoms with Gasteiger partial charge in [0.2, 0.25) is 0 Å². The predicted molar refractivity (Wildman–Crippen MR) is 69.2 cm³/mol. The summed E-state index contributed by atoms with van der Waals surface area (Å²) < 4.78 is 6.77. The van der Waals surface area contributed by atoms with E-state index in [1.54, 1.807) is 10.9 Å². The van der Waals surface area contributed by atoms with Crippen LogP contribution in [0.2, 0.25) is 0 Å². The molecule has 100 valence electrons. The summed E-state index contributed by atoms with van der Waals surface area (Å²) >= 11 is 0.